The number of hydrogen-bond acceptors (Lipinski definition) is 4. The molecule has 0 unspecified atom stereocenters. The van der Waals surface area contributed by atoms with Crippen molar-refractivity contribution in [2.24, 2.45) is 0 Å². The molecule has 6 nitrogen and oxygen atoms in total. The molecular weight excluding hydrogens is 328 g/mol. The summed E-state index contributed by atoms with van der Waals surface area (Å²) in [4.78, 5) is 16.1. The van der Waals surface area contributed by atoms with Gasteiger partial charge >= 0.3 is 0 Å². The molecule has 1 N–H and O–H groups in total. The fourth-order valence-electron chi connectivity index (χ4n) is 2.65. The average molecular weight is 350 g/mol. The highest BCUT2D eigenvalue weighted by molar-refractivity contribution is 5.76. The van der Waals surface area contributed by atoms with E-state index < -0.39 is 0 Å². The van der Waals surface area contributed by atoms with E-state index in [1.165, 1.54) is 6.33 Å². The molecule has 0 saturated carbocycles. The van der Waals surface area contributed by atoms with Crippen molar-refractivity contribution in [1.82, 2.24) is 20.1 Å². The molecule has 0 aliphatic rings. The number of carbonyl (C=O) groups is 1. The van der Waals surface area contributed by atoms with Crippen LogP contribution in [0.15, 0.2) is 61.2 Å². The highest BCUT2D eigenvalue weighted by atomic mass is 16.5. The first-order valence-corrected chi connectivity index (χ1v) is 8.67. The monoisotopic (exact) mass is 350 g/mol. The van der Waals surface area contributed by atoms with Crippen LogP contribution in [0.2, 0.25) is 0 Å². The van der Waals surface area contributed by atoms with Crippen LogP contribution in [0.1, 0.15) is 24.5 Å². The Morgan fingerprint density at radius 1 is 1.15 bits per heavy atom. The van der Waals surface area contributed by atoms with Gasteiger partial charge in [0.1, 0.15) is 18.4 Å². The van der Waals surface area contributed by atoms with Crippen LogP contribution in [0.25, 0.3) is 5.69 Å². The molecule has 0 bridgehead atoms. The van der Waals surface area contributed by atoms with E-state index in [-0.39, 0.29) is 5.91 Å². The van der Waals surface area contributed by atoms with E-state index in [9.17, 15) is 4.79 Å². The molecule has 0 radical (unpaired) electrons. The smallest absolute Gasteiger partial charge is 0.220 e. The van der Waals surface area contributed by atoms with E-state index in [0.717, 1.165) is 22.6 Å². The second-order valence-electron chi connectivity index (χ2n) is 5.82. The summed E-state index contributed by atoms with van der Waals surface area (Å²) in [6, 6.07) is 15.7. The van der Waals surface area contributed by atoms with Gasteiger partial charge in [0, 0.05) is 13.0 Å². The van der Waals surface area contributed by atoms with Crippen LogP contribution in [0.3, 0.4) is 0 Å². The van der Waals surface area contributed by atoms with Crippen LogP contribution in [-0.2, 0) is 17.8 Å². The third-order valence-corrected chi connectivity index (χ3v) is 4.00. The summed E-state index contributed by atoms with van der Waals surface area (Å²) in [5, 5.41) is 7.05. The molecule has 3 rings (SSSR count). The van der Waals surface area contributed by atoms with Crippen molar-refractivity contribution in [3.05, 3.63) is 72.3 Å². The van der Waals surface area contributed by atoms with Crippen LogP contribution in [0, 0.1) is 0 Å². The lowest BCUT2D eigenvalue weighted by molar-refractivity contribution is -0.121. The number of para-hydroxylation sites is 1. The number of nitrogens with one attached hydrogen (secondary N) is 1. The number of aryl methyl sites for hydroxylation is 1. The predicted molar refractivity (Wildman–Crippen MR) is 99.1 cm³/mol. The third-order valence-electron chi connectivity index (χ3n) is 4.00. The number of carbonyl (C=O) groups excluding carboxylic acids is 1. The van der Waals surface area contributed by atoms with Crippen LogP contribution in [0.5, 0.6) is 5.75 Å². The summed E-state index contributed by atoms with van der Waals surface area (Å²) in [6.07, 6.45) is 4.24. The summed E-state index contributed by atoms with van der Waals surface area (Å²) in [6.45, 7) is 3.08. The minimum absolute atomic E-state index is 0.0247. The Morgan fingerprint density at radius 2 is 1.96 bits per heavy atom. The number of ether oxygens (including phenoxy) is 1. The van der Waals surface area contributed by atoms with Gasteiger partial charge in [-0.05, 0) is 42.7 Å². The lowest BCUT2D eigenvalue weighted by Crippen LogP contribution is -2.23. The summed E-state index contributed by atoms with van der Waals surface area (Å²) >= 11 is 0. The van der Waals surface area contributed by atoms with Gasteiger partial charge in [0.05, 0.1) is 12.3 Å². The second kappa shape index (κ2) is 8.80. The Balaban J connectivity index is 1.48. The number of aromatic nitrogens is 3. The summed E-state index contributed by atoms with van der Waals surface area (Å²) in [7, 11) is 0. The van der Waals surface area contributed by atoms with E-state index >= 15 is 0 Å². The molecule has 0 atom stereocenters. The molecule has 26 heavy (non-hydrogen) atoms. The van der Waals surface area contributed by atoms with Crippen LogP contribution < -0.4 is 10.1 Å². The largest absolute Gasteiger partial charge is 0.494 e. The van der Waals surface area contributed by atoms with Crippen molar-refractivity contribution in [3.63, 3.8) is 0 Å². The first kappa shape index (κ1) is 17.7. The van der Waals surface area contributed by atoms with Crippen molar-refractivity contribution in [2.75, 3.05) is 6.61 Å². The van der Waals surface area contributed by atoms with Crippen molar-refractivity contribution in [2.45, 2.75) is 26.3 Å². The molecular formula is C20H22N4O2. The van der Waals surface area contributed by atoms with E-state index in [1.807, 2.05) is 55.5 Å². The Bertz CT molecular complexity index is 829. The molecule has 0 aliphatic heterocycles. The number of benzene rings is 2. The van der Waals surface area contributed by atoms with Crippen molar-refractivity contribution in [1.29, 1.82) is 0 Å². The fraction of sp³-hybridized carbons (Fsp3) is 0.250. The second-order valence-corrected chi connectivity index (χ2v) is 5.82. The average Bonchev–Trinajstić information content (AvgIpc) is 3.21. The minimum Gasteiger partial charge on any atom is -0.494 e. The summed E-state index contributed by atoms with van der Waals surface area (Å²) in [5.41, 5.74) is 3.03. The van der Waals surface area contributed by atoms with Crippen LogP contribution >= 0.6 is 0 Å². The fourth-order valence-corrected chi connectivity index (χ4v) is 2.65. The number of nitrogens with zero attached hydrogens (tertiary/aromatic N) is 3. The molecule has 1 heterocycles. The SMILES string of the molecule is CCOc1ccccc1CCC(=O)NCc1ccc(-n2cncn2)cc1. The van der Waals surface area contributed by atoms with Gasteiger partial charge in [-0.2, -0.15) is 5.10 Å². The van der Waals surface area contributed by atoms with Crippen LogP contribution in [-0.4, -0.2) is 27.3 Å². The van der Waals surface area contributed by atoms with Crippen molar-refractivity contribution >= 4 is 5.91 Å². The van der Waals surface area contributed by atoms with Gasteiger partial charge in [-0.15, -0.1) is 0 Å². The Labute approximate surface area is 152 Å². The number of amides is 1. The topological polar surface area (TPSA) is 69.0 Å². The normalized spacial score (nSPS) is 10.5. The van der Waals surface area contributed by atoms with Gasteiger partial charge in [0.25, 0.3) is 0 Å². The van der Waals surface area contributed by atoms with Gasteiger partial charge in [-0.1, -0.05) is 30.3 Å². The molecule has 0 spiro atoms. The number of hydrogen-bond donors (Lipinski definition) is 1. The minimum atomic E-state index is 0.0247. The summed E-state index contributed by atoms with van der Waals surface area (Å²) in [5.74, 6) is 0.878. The zero-order chi connectivity index (χ0) is 18.2. The Morgan fingerprint density at radius 3 is 2.69 bits per heavy atom. The molecule has 0 saturated heterocycles. The highest BCUT2D eigenvalue weighted by Crippen LogP contribution is 2.19. The molecule has 0 fully saturated rings. The number of rotatable bonds is 8. The maximum absolute atomic E-state index is 12.1. The molecule has 134 valence electrons. The van der Waals surface area contributed by atoms with Gasteiger partial charge in [0.2, 0.25) is 5.91 Å². The van der Waals surface area contributed by atoms with Crippen molar-refractivity contribution < 1.29 is 9.53 Å². The standard InChI is InChI=1S/C20H22N4O2/c1-2-26-19-6-4-3-5-17(19)9-12-20(25)22-13-16-7-10-18(11-8-16)24-15-21-14-23-24/h3-8,10-11,14-15H,2,9,12-13H2,1H3,(H,22,25). The first-order chi connectivity index (χ1) is 12.8. The molecule has 6 heteroatoms. The summed E-state index contributed by atoms with van der Waals surface area (Å²) < 4.78 is 7.29. The molecule has 1 amide bonds. The maximum Gasteiger partial charge on any atom is 0.220 e. The van der Waals surface area contributed by atoms with Gasteiger partial charge < -0.3 is 10.1 Å². The zero-order valence-corrected chi connectivity index (χ0v) is 14.8. The van der Waals surface area contributed by atoms with E-state index in [1.54, 1.807) is 11.0 Å². The third kappa shape index (κ3) is 4.69. The maximum atomic E-state index is 12.1. The lowest BCUT2D eigenvalue weighted by atomic mass is 10.1. The Hall–Kier alpha value is -3.15. The molecule has 1 aromatic heterocycles. The van der Waals surface area contributed by atoms with E-state index in [0.29, 0.717) is 26.0 Å². The lowest BCUT2D eigenvalue weighted by Gasteiger charge is -2.10. The Kier molecular flexibility index (Phi) is 5.98. The van der Waals surface area contributed by atoms with Gasteiger partial charge in [0.15, 0.2) is 0 Å². The molecule has 2 aromatic carbocycles. The van der Waals surface area contributed by atoms with E-state index in [2.05, 4.69) is 15.4 Å². The highest BCUT2D eigenvalue weighted by Gasteiger charge is 2.07. The van der Waals surface area contributed by atoms with Gasteiger partial charge in [-0.25, -0.2) is 9.67 Å². The predicted octanol–water partition coefficient (Wildman–Crippen LogP) is 2.92. The molecule has 0 aliphatic carbocycles. The van der Waals surface area contributed by atoms with Crippen molar-refractivity contribution in [3.8, 4) is 11.4 Å². The molecule has 3 aromatic rings. The first-order valence-electron chi connectivity index (χ1n) is 8.67. The van der Waals surface area contributed by atoms with E-state index in [4.69, 9.17) is 4.74 Å². The van der Waals surface area contributed by atoms with Crippen LogP contribution in [0.4, 0.5) is 0 Å². The van der Waals surface area contributed by atoms with Gasteiger partial charge in [-0.3, -0.25) is 4.79 Å². The quantitative estimate of drug-likeness (QED) is 0.678. The zero-order valence-electron chi connectivity index (χ0n) is 14.8.